The number of urea groups is 1. The largest absolute Gasteiger partial charge is 0.497 e. The van der Waals surface area contributed by atoms with E-state index in [9.17, 15) is 4.79 Å². The third-order valence-corrected chi connectivity index (χ3v) is 3.79. The van der Waals surface area contributed by atoms with Crippen molar-refractivity contribution in [2.45, 2.75) is 19.9 Å². The fourth-order valence-electron chi connectivity index (χ4n) is 2.03. The molecule has 0 unspecified atom stereocenters. The van der Waals surface area contributed by atoms with Crippen molar-refractivity contribution in [3.05, 3.63) is 46.7 Å². The second-order valence-electron chi connectivity index (χ2n) is 4.72. The molecule has 112 valence electrons. The van der Waals surface area contributed by atoms with Gasteiger partial charge in [0.2, 0.25) is 0 Å². The summed E-state index contributed by atoms with van der Waals surface area (Å²) in [6.45, 7) is 3.43. The summed E-state index contributed by atoms with van der Waals surface area (Å²) in [7, 11) is 1.61. The van der Waals surface area contributed by atoms with E-state index < -0.39 is 0 Å². The van der Waals surface area contributed by atoms with Crippen molar-refractivity contribution < 1.29 is 9.53 Å². The first-order valence-corrected chi connectivity index (χ1v) is 7.88. The Morgan fingerprint density at radius 2 is 2.24 bits per heavy atom. The van der Waals surface area contributed by atoms with Crippen LogP contribution in [0.15, 0.2) is 41.1 Å². The summed E-state index contributed by atoms with van der Waals surface area (Å²) < 4.78 is 5.17. The first kappa shape index (κ1) is 15.4. The minimum absolute atomic E-state index is 0.0868. The number of nitrogens with zero attached hydrogens (tertiary/aromatic N) is 1. The number of thiophene rings is 1. The van der Waals surface area contributed by atoms with Gasteiger partial charge in [-0.05, 0) is 40.9 Å². The minimum atomic E-state index is -0.0868. The zero-order chi connectivity index (χ0) is 15.1. The van der Waals surface area contributed by atoms with Gasteiger partial charge in [-0.2, -0.15) is 11.3 Å². The van der Waals surface area contributed by atoms with Gasteiger partial charge in [0.1, 0.15) is 5.75 Å². The van der Waals surface area contributed by atoms with Crippen LogP contribution in [-0.4, -0.2) is 24.6 Å². The van der Waals surface area contributed by atoms with E-state index in [1.165, 1.54) is 0 Å². The normalized spacial score (nSPS) is 10.2. The smallest absolute Gasteiger partial charge is 0.322 e. The number of amides is 2. The monoisotopic (exact) mass is 304 g/mol. The zero-order valence-electron chi connectivity index (χ0n) is 12.3. The number of carbonyl (C=O) groups is 1. The molecule has 0 saturated carbocycles. The lowest BCUT2D eigenvalue weighted by atomic mass is 10.3. The summed E-state index contributed by atoms with van der Waals surface area (Å²) >= 11 is 1.65. The molecule has 0 bridgehead atoms. The Hall–Kier alpha value is -2.01. The molecule has 2 rings (SSSR count). The Morgan fingerprint density at radius 3 is 2.90 bits per heavy atom. The summed E-state index contributed by atoms with van der Waals surface area (Å²) in [4.78, 5) is 14.2. The van der Waals surface area contributed by atoms with Gasteiger partial charge in [-0.15, -0.1) is 0 Å². The second-order valence-corrected chi connectivity index (χ2v) is 5.50. The van der Waals surface area contributed by atoms with Crippen LogP contribution in [0.3, 0.4) is 0 Å². The standard InChI is InChI=1S/C16H20N2O2S/c1-3-8-18(11-13-7-9-21-12-13)16(19)17-14-5-4-6-15(10-14)20-2/h4-7,9-10,12H,3,8,11H2,1-2H3,(H,17,19). The van der Waals surface area contributed by atoms with Gasteiger partial charge < -0.3 is 15.0 Å². The quantitative estimate of drug-likeness (QED) is 0.869. The molecule has 1 aromatic carbocycles. The lowest BCUT2D eigenvalue weighted by molar-refractivity contribution is 0.209. The van der Waals surface area contributed by atoms with Crippen LogP contribution in [0.4, 0.5) is 10.5 Å². The number of anilines is 1. The molecule has 1 aromatic heterocycles. The minimum Gasteiger partial charge on any atom is -0.497 e. The van der Waals surface area contributed by atoms with Crippen LogP contribution in [0.5, 0.6) is 5.75 Å². The molecule has 0 fully saturated rings. The van der Waals surface area contributed by atoms with Crippen LogP contribution in [0.25, 0.3) is 0 Å². The third-order valence-electron chi connectivity index (χ3n) is 3.06. The van der Waals surface area contributed by atoms with Crippen molar-refractivity contribution >= 4 is 23.1 Å². The highest BCUT2D eigenvalue weighted by molar-refractivity contribution is 7.07. The lowest BCUT2D eigenvalue weighted by Gasteiger charge is -2.22. The first-order chi connectivity index (χ1) is 10.2. The number of hydrogen-bond donors (Lipinski definition) is 1. The van der Waals surface area contributed by atoms with Crippen LogP contribution in [-0.2, 0) is 6.54 Å². The summed E-state index contributed by atoms with van der Waals surface area (Å²) in [5.41, 5.74) is 1.90. The van der Waals surface area contributed by atoms with Crippen LogP contribution < -0.4 is 10.1 Å². The number of benzene rings is 1. The summed E-state index contributed by atoms with van der Waals surface area (Å²) in [5.74, 6) is 0.729. The Morgan fingerprint density at radius 1 is 1.38 bits per heavy atom. The van der Waals surface area contributed by atoms with E-state index in [0.717, 1.165) is 30.0 Å². The average molecular weight is 304 g/mol. The number of rotatable bonds is 6. The van der Waals surface area contributed by atoms with Gasteiger partial charge >= 0.3 is 6.03 Å². The average Bonchev–Trinajstić information content (AvgIpc) is 3.00. The van der Waals surface area contributed by atoms with Crippen molar-refractivity contribution in [2.24, 2.45) is 0 Å². The van der Waals surface area contributed by atoms with Crippen molar-refractivity contribution in [2.75, 3.05) is 19.0 Å². The zero-order valence-corrected chi connectivity index (χ0v) is 13.2. The van der Waals surface area contributed by atoms with Gasteiger partial charge in [-0.3, -0.25) is 0 Å². The molecule has 0 aliphatic rings. The van der Waals surface area contributed by atoms with E-state index in [4.69, 9.17) is 4.74 Å². The van der Waals surface area contributed by atoms with E-state index in [2.05, 4.69) is 17.6 Å². The fourth-order valence-corrected chi connectivity index (χ4v) is 2.69. The SMILES string of the molecule is CCCN(Cc1ccsc1)C(=O)Nc1cccc(OC)c1. The Kier molecular flexibility index (Phi) is 5.63. The molecule has 1 heterocycles. The highest BCUT2D eigenvalue weighted by Gasteiger charge is 2.13. The highest BCUT2D eigenvalue weighted by atomic mass is 32.1. The van der Waals surface area contributed by atoms with E-state index in [1.54, 1.807) is 18.4 Å². The van der Waals surface area contributed by atoms with E-state index in [1.807, 2.05) is 40.6 Å². The third kappa shape index (κ3) is 4.49. The van der Waals surface area contributed by atoms with Gasteiger partial charge in [0.15, 0.2) is 0 Å². The molecule has 0 saturated heterocycles. The molecule has 2 aromatic rings. The van der Waals surface area contributed by atoms with Crippen LogP contribution >= 0.6 is 11.3 Å². The molecule has 0 atom stereocenters. The van der Waals surface area contributed by atoms with E-state index >= 15 is 0 Å². The maximum absolute atomic E-state index is 12.4. The fraction of sp³-hybridized carbons (Fsp3) is 0.312. The summed E-state index contributed by atoms with van der Waals surface area (Å²) in [6, 6.07) is 9.34. The summed E-state index contributed by atoms with van der Waals surface area (Å²) in [5, 5.41) is 7.02. The molecule has 21 heavy (non-hydrogen) atoms. The Balaban J connectivity index is 2.03. The Bertz CT molecular complexity index is 569. The molecular formula is C16H20N2O2S. The van der Waals surface area contributed by atoms with Crippen LogP contribution in [0.2, 0.25) is 0 Å². The molecule has 5 heteroatoms. The number of hydrogen-bond acceptors (Lipinski definition) is 3. The predicted molar refractivity (Wildman–Crippen MR) is 87.0 cm³/mol. The van der Waals surface area contributed by atoms with Gasteiger partial charge in [-0.1, -0.05) is 13.0 Å². The van der Waals surface area contributed by atoms with Crippen LogP contribution in [0, 0.1) is 0 Å². The van der Waals surface area contributed by atoms with E-state index in [-0.39, 0.29) is 6.03 Å². The van der Waals surface area contributed by atoms with Crippen molar-refractivity contribution in [1.82, 2.24) is 4.90 Å². The maximum Gasteiger partial charge on any atom is 0.322 e. The van der Waals surface area contributed by atoms with Crippen molar-refractivity contribution in [1.29, 1.82) is 0 Å². The molecular weight excluding hydrogens is 284 g/mol. The molecule has 0 aliphatic carbocycles. The molecule has 0 aliphatic heterocycles. The molecule has 0 spiro atoms. The lowest BCUT2D eigenvalue weighted by Crippen LogP contribution is -2.34. The highest BCUT2D eigenvalue weighted by Crippen LogP contribution is 2.18. The molecule has 4 nitrogen and oxygen atoms in total. The van der Waals surface area contributed by atoms with Gasteiger partial charge in [0.25, 0.3) is 0 Å². The Labute approximate surface area is 129 Å². The van der Waals surface area contributed by atoms with Crippen molar-refractivity contribution in [3.8, 4) is 5.75 Å². The maximum atomic E-state index is 12.4. The van der Waals surface area contributed by atoms with Gasteiger partial charge in [0.05, 0.1) is 7.11 Å². The number of ether oxygens (including phenoxy) is 1. The summed E-state index contributed by atoms with van der Waals surface area (Å²) in [6.07, 6.45) is 0.926. The predicted octanol–water partition coefficient (Wildman–Crippen LogP) is 4.20. The molecule has 0 radical (unpaired) electrons. The molecule has 1 N–H and O–H groups in total. The second kappa shape index (κ2) is 7.69. The van der Waals surface area contributed by atoms with Gasteiger partial charge in [-0.25, -0.2) is 4.79 Å². The van der Waals surface area contributed by atoms with E-state index in [0.29, 0.717) is 6.54 Å². The number of nitrogens with one attached hydrogen (secondary N) is 1. The first-order valence-electron chi connectivity index (χ1n) is 6.94. The number of carbonyl (C=O) groups excluding carboxylic acids is 1. The number of methoxy groups -OCH3 is 1. The van der Waals surface area contributed by atoms with Crippen molar-refractivity contribution in [3.63, 3.8) is 0 Å². The van der Waals surface area contributed by atoms with Crippen LogP contribution in [0.1, 0.15) is 18.9 Å². The molecule has 2 amide bonds. The van der Waals surface area contributed by atoms with Gasteiger partial charge in [0, 0.05) is 24.8 Å². The topological polar surface area (TPSA) is 41.6 Å².